The highest BCUT2D eigenvalue weighted by Crippen LogP contribution is 2.11. The minimum Gasteiger partial charge on any atom is -0.497 e. The summed E-state index contributed by atoms with van der Waals surface area (Å²) < 4.78 is 5.02. The molecule has 108 valence electrons. The van der Waals surface area contributed by atoms with Gasteiger partial charge in [0.2, 0.25) is 0 Å². The smallest absolute Gasteiger partial charge is 0.142 e. The van der Waals surface area contributed by atoms with Crippen LogP contribution < -0.4 is 4.74 Å². The molecule has 2 nitrogen and oxygen atoms in total. The molecule has 0 aliphatic carbocycles. The second-order valence-electron chi connectivity index (χ2n) is 4.18. The summed E-state index contributed by atoms with van der Waals surface area (Å²) in [6.07, 6.45) is 8.09. The van der Waals surface area contributed by atoms with E-state index in [2.05, 4.69) is 6.08 Å². The Bertz CT molecular complexity index is 566. The van der Waals surface area contributed by atoms with Crippen molar-refractivity contribution in [3.63, 3.8) is 0 Å². The van der Waals surface area contributed by atoms with Gasteiger partial charge in [-0.15, -0.1) is 0 Å². The van der Waals surface area contributed by atoms with Crippen molar-refractivity contribution in [1.29, 1.82) is 0 Å². The molecule has 0 spiro atoms. The number of hydrogen-bond acceptors (Lipinski definition) is 2. The highest BCUT2D eigenvalue weighted by Gasteiger charge is 1.88. The van der Waals surface area contributed by atoms with Crippen LogP contribution in [0.15, 0.2) is 66.7 Å². The first-order valence-electron chi connectivity index (χ1n) is 6.73. The molecule has 0 aliphatic rings. The SMILES string of the molecule is CC=Cc1ccc(OC)cc1.O=CC=Cc1ccccc1. The molecule has 0 saturated carbocycles. The summed E-state index contributed by atoms with van der Waals surface area (Å²) in [5, 5.41) is 0. The summed E-state index contributed by atoms with van der Waals surface area (Å²) in [7, 11) is 1.67. The minimum atomic E-state index is 0.771. The first-order valence-corrected chi connectivity index (χ1v) is 6.73. The molecule has 0 aromatic heterocycles. The van der Waals surface area contributed by atoms with Gasteiger partial charge in [0.15, 0.2) is 0 Å². The standard InChI is InChI=1S/C10H12O.C9H8O/c1-3-4-9-5-7-10(11-2)8-6-9;10-8-4-7-9-5-2-1-3-6-9/h3-8H,1-2H3;1-8H. The van der Waals surface area contributed by atoms with E-state index >= 15 is 0 Å². The van der Waals surface area contributed by atoms with Crippen molar-refractivity contribution in [3.05, 3.63) is 77.9 Å². The third-order valence-electron chi connectivity index (χ3n) is 2.64. The number of aldehydes is 1. The molecule has 0 aliphatic heterocycles. The van der Waals surface area contributed by atoms with Crippen molar-refractivity contribution in [2.75, 3.05) is 7.11 Å². The molecular formula is C19H20O2. The van der Waals surface area contributed by atoms with E-state index in [1.807, 2.05) is 67.6 Å². The number of carbonyl (C=O) groups excluding carboxylic acids is 1. The average Bonchev–Trinajstić information content (AvgIpc) is 2.55. The molecule has 0 N–H and O–H groups in total. The van der Waals surface area contributed by atoms with Crippen LogP contribution in [-0.2, 0) is 4.79 Å². The predicted octanol–water partition coefficient (Wildman–Crippen LogP) is 4.63. The summed E-state index contributed by atoms with van der Waals surface area (Å²) in [5.74, 6) is 0.901. The molecule has 0 fully saturated rings. The first-order chi connectivity index (χ1) is 10.3. The topological polar surface area (TPSA) is 26.3 Å². The second kappa shape index (κ2) is 10.2. The summed E-state index contributed by atoms with van der Waals surface area (Å²) in [6, 6.07) is 17.7. The van der Waals surface area contributed by atoms with Crippen LogP contribution in [0.25, 0.3) is 12.2 Å². The molecule has 2 rings (SSSR count). The molecule has 2 aromatic rings. The largest absolute Gasteiger partial charge is 0.497 e. The van der Waals surface area contributed by atoms with Crippen LogP contribution in [0.4, 0.5) is 0 Å². The van der Waals surface area contributed by atoms with Crippen LogP contribution in [0.5, 0.6) is 5.75 Å². The quantitative estimate of drug-likeness (QED) is 0.603. The molecule has 2 aromatic carbocycles. The van der Waals surface area contributed by atoms with Gasteiger partial charge in [-0.3, -0.25) is 4.79 Å². The lowest BCUT2D eigenvalue weighted by molar-refractivity contribution is -0.104. The minimum absolute atomic E-state index is 0.771. The van der Waals surface area contributed by atoms with Crippen LogP contribution >= 0.6 is 0 Å². The van der Waals surface area contributed by atoms with Crippen molar-refractivity contribution in [1.82, 2.24) is 0 Å². The number of ether oxygens (including phenoxy) is 1. The lowest BCUT2D eigenvalue weighted by Gasteiger charge is -1.98. The first kappa shape index (κ1) is 16.4. The van der Waals surface area contributed by atoms with Gasteiger partial charge in [-0.25, -0.2) is 0 Å². The Labute approximate surface area is 126 Å². The molecule has 0 unspecified atom stereocenters. The average molecular weight is 280 g/mol. The third kappa shape index (κ3) is 6.92. The lowest BCUT2D eigenvalue weighted by Crippen LogP contribution is -1.80. The third-order valence-corrected chi connectivity index (χ3v) is 2.64. The van der Waals surface area contributed by atoms with Gasteiger partial charge in [0.1, 0.15) is 12.0 Å². The number of methoxy groups -OCH3 is 1. The molecular weight excluding hydrogens is 260 g/mol. The van der Waals surface area contributed by atoms with E-state index in [1.165, 1.54) is 11.6 Å². The molecule has 0 radical (unpaired) electrons. The van der Waals surface area contributed by atoms with Crippen LogP contribution in [0.3, 0.4) is 0 Å². The summed E-state index contributed by atoms with van der Waals surface area (Å²) in [5.41, 5.74) is 2.25. The van der Waals surface area contributed by atoms with E-state index < -0.39 is 0 Å². The Morgan fingerprint density at radius 1 is 0.857 bits per heavy atom. The highest BCUT2D eigenvalue weighted by atomic mass is 16.5. The van der Waals surface area contributed by atoms with Gasteiger partial charge >= 0.3 is 0 Å². The number of allylic oxidation sites excluding steroid dienone is 2. The number of benzene rings is 2. The van der Waals surface area contributed by atoms with E-state index in [4.69, 9.17) is 4.74 Å². The van der Waals surface area contributed by atoms with Crippen molar-refractivity contribution >= 4 is 18.4 Å². The fourth-order valence-electron chi connectivity index (χ4n) is 1.62. The molecule has 0 heterocycles. The van der Waals surface area contributed by atoms with E-state index in [0.717, 1.165) is 17.6 Å². The van der Waals surface area contributed by atoms with Crippen LogP contribution in [-0.4, -0.2) is 13.4 Å². The molecule has 0 bridgehead atoms. The number of carbonyl (C=O) groups is 1. The Morgan fingerprint density at radius 3 is 2.00 bits per heavy atom. The van der Waals surface area contributed by atoms with E-state index in [9.17, 15) is 4.79 Å². The number of hydrogen-bond donors (Lipinski definition) is 0. The molecule has 0 amide bonds. The van der Waals surface area contributed by atoms with Crippen molar-refractivity contribution in [2.24, 2.45) is 0 Å². The Hall–Kier alpha value is -2.61. The zero-order valence-electron chi connectivity index (χ0n) is 12.4. The van der Waals surface area contributed by atoms with E-state index in [0.29, 0.717) is 0 Å². The van der Waals surface area contributed by atoms with Crippen LogP contribution in [0.2, 0.25) is 0 Å². The van der Waals surface area contributed by atoms with Crippen molar-refractivity contribution in [2.45, 2.75) is 6.92 Å². The number of rotatable bonds is 4. The maximum Gasteiger partial charge on any atom is 0.142 e. The fourth-order valence-corrected chi connectivity index (χ4v) is 1.62. The Balaban J connectivity index is 0.000000211. The molecule has 21 heavy (non-hydrogen) atoms. The van der Waals surface area contributed by atoms with E-state index in [-0.39, 0.29) is 0 Å². The van der Waals surface area contributed by atoms with Gasteiger partial charge in [0, 0.05) is 0 Å². The fraction of sp³-hybridized carbons (Fsp3) is 0.105. The second-order valence-corrected chi connectivity index (χ2v) is 4.18. The van der Waals surface area contributed by atoms with Gasteiger partial charge in [0.05, 0.1) is 7.11 Å². The van der Waals surface area contributed by atoms with Gasteiger partial charge in [-0.05, 0) is 36.3 Å². The highest BCUT2D eigenvalue weighted by molar-refractivity contribution is 5.73. The van der Waals surface area contributed by atoms with Gasteiger partial charge in [0.25, 0.3) is 0 Å². The van der Waals surface area contributed by atoms with E-state index in [1.54, 1.807) is 13.2 Å². The monoisotopic (exact) mass is 280 g/mol. The van der Waals surface area contributed by atoms with Crippen LogP contribution in [0.1, 0.15) is 18.1 Å². The molecule has 0 saturated heterocycles. The van der Waals surface area contributed by atoms with Gasteiger partial charge < -0.3 is 4.74 Å². The summed E-state index contributed by atoms with van der Waals surface area (Å²) >= 11 is 0. The summed E-state index contributed by atoms with van der Waals surface area (Å²) in [4.78, 5) is 9.89. The van der Waals surface area contributed by atoms with Crippen molar-refractivity contribution < 1.29 is 9.53 Å². The molecule has 0 atom stereocenters. The lowest BCUT2D eigenvalue weighted by atomic mass is 10.2. The zero-order valence-corrected chi connectivity index (χ0v) is 12.4. The zero-order chi connectivity index (χ0) is 15.3. The van der Waals surface area contributed by atoms with Crippen molar-refractivity contribution in [3.8, 4) is 5.75 Å². The Kier molecular flexibility index (Phi) is 8.00. The van der Waals surface area contributed by atoms with Gasteiger partial charge in [-0.2, -0.15) is 0 Å². The molecule has 2 heteroatoms. The summed E-state index contributed by atoms with van der Waals surface area (Å²) in [6.45, 7) is 2.00. The Morgan fingerprint density at radius 2 is 1.48 bits per heavy atom. The van der Waals surface area contributed by atoms with Crippen LogP contribution in [0, 0.1) is 0 Å². The normalized spacial score (nSPS) is 10.2. The maximum atomic E-state index is 9.89. The predicted molar refractivity (Wildman–Crippen MR) is 89.2 cm³/mol. The van der Waals surface area contributed by atoms with Gasteiger partial charge in [-0.1, -0.05) is 60.7 Å². The maximum absolute atomic E-state index is 9.89.